The molecule has 0 atom stereocenters. The van der Waals surface area contributed by atoms with Gasteiger partial charge in [-0.2, -0.15) is 66.7 Å². The molecule has 74 valence electrons. The molecule has 0 fully saturated rings. The monoisotopic (exact) mass is 338 g/mol. The summed E-state index contributed by atoms with van der Waals surface area (Å²) in [4.78, 5) is 0. The van der Waals surface area contributed by atoms with Crippen molar-refractivity contribution in [3.63, 3.8) is 0 Å². The molecule has 14 heavy (non-hydrogen) atoms. The van der Waals surface area contributed by atoms with E-state index in [1.54, 1.807) is 0 Å². The third-order valence-electron chi connectivity index (χ3n) is 1.28. The summed E-state index contributed by atoms with van der Waals surface area (Å²) in [5.74, 6) is 0. The van der Waals surface area contributed by atoms with Gasteiger partial charge in [-0.1, -0.05) is 20.4 Å². The molecule has 2 aromatic rings. The predicted octanol–water partition coefficient (Wildman–Crippen LogP) is 3.73. The van der Waals surface area contributed by atoms with Crippen molar-refractivity contribution >= 4 is 15.9 Å². The normalized spacial score (nSPS) is 7.79. The summed E-state index contributed by atoms with van der Waals surface area (Å²) in [7, 11) is 0. The van der Waals surface area contributed by atoms with Crippen molar-refractivity contribution in [1.29, 1.82) is 0 Å². The Labute approximate surface area is 107 Å². The molecule has 0 amide bonds. The molecule has 0 aliphatic heterocycles. The fourth-order valence-electron chi connectivity index (χ4n) is 0.713. The second-order valence-electron chi connectivity index (χ2n) is 2.29. The Hall–Kier alpha value is -0.418. The number of benzene rings is 2. The van der Waals surface area contributed by atoms with Crippen LogP contribution in [0.3, 0.4) is 0 Å². The molecule has 0 saturated heterocycles. The Morgan fingerprint density at radius 1 is 0.857 bits per heavy atom. The molecule has 0 bridgehead atoms. The van der Waals surface area contributed by atoms with E-state index in [-0.39, 0.29) is 20.4 Å². The van der Waals surface area contributed by atoms with Crippen LogP contribution in [0, 0.1) is 12.1 Å². The van der Waals surface area contributed by atoms with Gasteiger partial charge in [-0.05, 0) is 0 Å². The summed E-state index contributed by atoms with van der Waals surface area (Å²) in [6.45, 7) is 0. The van der Waals surface area contributed by atoms with Gasteiger partial charge in [-0.15, -0.1) is 0 Å². The standard InChI is InChI=1S/C6H4Br.C6H5.Pd/c7-6-4-2-1-3-5-6;1-2-4-6-5-3-1;/h1-4H;1-5H;/q2*-1;+2. The Morgan fingerprint density at radius 3 is 1.71 bits per heavy atom. The van der Waals surface area contributed by atoms with E-state index in [4.69, 9.17) is 0 Å². The second kappa shape index (κ2) is 9.15. The molecule has 0 nitrogen and oxygen atoms in total. The van der Waals surface area contributed by atoms with Gasteiger partial charge in [0.15, 0.2) is 0 Å². The molecule has 2 heteroatoms. The largest absolute Gasteiger partial charge is 2.00 e. The second-order valence-corrected chi connectivity index (χ2v) is 3.14. The number of hydrogen-bond acceptors (Lipinski definition) is 0. The van der Waals surface area contributed by atoms with E-state index in [0.29, 0.717) is 0 Å². The summed E-state index contributed by atoms with van der Waals surface area (Å²) in [5.41, 5.74) is 0. The number of rotatable bonds is 0. The third-order valence-corrected chi connectivity index (χ3v) is 1.77. The van der Waals surface area contributed by atoms with E-state index < -0.39 is 0 Å². The van der Waals surface area contributed by atoms with Crippen molar-refractivity contribution < 1.29 is 20.4 Å². The average Bonchev–Trinajstić information content (AvgIpc) is 2.22. The maximum atomic E-state index is 3.26. The quantitative estimate of drug-likeness (QED) is 0.507. The van der Waals surface area contributed by atoms with Gasteiger partial charge in [0.05, 0.1) is 0 Å². The average molecular weight is 340 g/mol. The zero-order valence-electron chi connectivity index (χ0n) is 7.39. The van der Waals surface area contributed by atoms with Gasteiger partial charge in [-0.25, -0.2) is 0 Å². The Kier molecular flexibility index (Phi) is 8.88. The zero-order chi connectivity index (χ0) is 9.36. The molecular formula is C12H9BrPd. The molecular weight excluding hydrogens is 330 g/mol. The van der Waals surface area contributed by atoms with Crippen LogP contribution >= 0.6 is 15.9 Å². The van der Waals surface area contributed by atoms with Gasteiger partial charge >= 0.3 is 20.4 Å². The van der Waals surface area contributed by atoms with Crippen molar-refractivity contribution in [1.82, 2.24) is 0 Å². The molecule has 0 saturated carbocycles. The summed E-state index contributed by atoms with van der Waals surface area (Å²) < 4.78 is 1.01. The van der Waals surface area contributed by atoms with Gasteiger partial charge in [0.2, 0.25) is 0 Å². The van der Waals surface area contributed by atoms with Crippen LogP contribution in [-0.4, -0.2) is 0 Å². The zero-order valence-corrected chi connectivity index (χ0v) is 10.5. The first-order chi connectivity index (χ1) is 6.39. The molecule has 0 spiro atoms. The van der Waals surface area contributed by atoms with Gasteiger partial charge in [0.25, 0.3) is 0 Å². The maximum Gasteiger partial charge on any atom is 2.00 e. The number of halogens is 1. The van der Waals surface area contributed by atoms with Crippen LogP contribution in [0.2, 0.25) is 0 Å². The smallest absolute Gasteiger partial charge is 0.184 e. The fraction of sp³-hybridized carbons (Fsp3) is 0. The minimum Gasteiger partial charge on any atom is -0.184 e. The fourth-order valence-corrected chi connectivity index (χ4v) is 0.998. The van der Waals surface area contributed by atoms with Crippen molar-refractivity contribution in [3.8, 4) is 0 Å². The summed E-state index contributed by atoms with van der Waals surface area (Å²) in [5, 5.41) is 0. The van der Waals surface area contributed by atoms with Gasteiger partial charge in [-0.3, -0.25) is 0 Å². The first-order valence-corrected chi connectivity index (χ1v) is 4.72. The van der Waals surface area contributed by atoms with E-state index in [1.807, 2.05) is 54.6 Å². The van der Waals surface area contributed by atoms with E-state index in [1.165, 1.54) is 0 Å². The minimum atomic E-state index is 0. The topological polar surface area (TPSA) is 0 Å². The summed E-state index contributed by atoms with van der Waals surface area (Å²) in [6, 6.07) is 23.2. The van der Waals surface area contributed by atoms with E-state index in [9.17, 15) is 0 Å². The van der Waals surface area contributed by atoms with Gasteiger partial charge in [0.1, 0.15) is 0 Å². The van der Waals surface area contributed by atoms with Crippen molar-refractivity contribution in [2.45, 2.75) is 0 Å². The van der Waals surface area contributed by atoms with Gasteiger partial charge in [0, 0.05) is 0 Å². The molecule has 0 aliphatic carbocycles. The molecule has 0 aromatic heterocycles. The van der Waals surface area contributed by atoms with Crippen LogP contribution in [0.15, 0.2) is 59.1 Å². The Bertz CT molecular complexity index is 281. The van der Waals surface area contributed by atoms with E-state index in [0.717, 1.165) is 4.47 Å². The summed E-state index contributed by atoms with van der Waals surface area (Å²) in [6.07, 6.45) is 0. The number of hydrogen-bond donors (Lipinski definition) is 0. The minimum absolute atomic E-state index is 0. The van der Waals surface area contributed by atoms with Crippen LogP contribution in [0.4, 0.5) is 0 Å². The predicted molar refractivity (Wildman–Crippen MR) is 58.3 cm³/mol. The Balaban J connectivity index is 0.000000227. The Morgan fingerprint density at radius 2 is 1.50 bits per heavy atom. The molecule has 0 radical (unpaired) electrons. The third kappa shape index (κ3) is 7.03. The summed E-state index contributed by atoms with van der Waals surface area (Å²) >= 11 is 3.26. The molecule has 0 heterocycles. The van der Waals surface area contributed by atoms with Crippen molar-refractivity contribution in [2.24, 2.45) is 0 Å². The molecule has 2 rings (SSSR count). The van der Waals surface area contributed by atoms with Crippen LogP contribution in [0.25, 0.3) is 0 Å². The van der Waals surface area contributed by atoms with Crippen molar-refractivity contribution in [3.05, 3.63) is 71.2 Å². The molecule has 0 unspecified atom stereocenters. The first kappa shape index (κ1) is 13.6. The van der Waals surface area contributed by atoms with Crippen LogP contribution in [0.5, 0.6) is 0 Å². The van der Waals surface area contributed by atoms with Gasteiger partial charge < -0.3 is 0 Å². The SMILES string of the molecule is Brc1[c-]cccc1.[Pd+2].[c-]1ccccc1. The maximum absolute atomic E-state index is 3.26. The van der Waals surface area contributed by atoms with E-state index >= 15 is 0 Å². The van der Waals surface area contributed by atoms with E-state index in [2.05, 4.69) is 28.1 Å². The molecule has 0 aliphatic rings. The van der Waals surface area contributed by atoms with Crippen molar-refractivity contribution in [2.75, 3.05) is 0 Å². The molecule has 2 aromatic carbocycles. The molecule has 0 N–H and O–H groups in total. The van der Waals surface area contributed by atoms with Crippen LogP contribution < -0.4 is 0 Å². The first-order valence-electron chi connectivity index (χ1n) is 3.93. The van der Waals surface area contributed by atoms with Crippen LogP contribution in [0.1, 0.15) is 0 Å². The van der Waals surface area contributed by atoms with Crippen LogP contribution in [-0.2, 0) is 20.4 Å².